The topological polar surface area (TPSA) is 69.0 Å². The third kappa shape index (κ3) is 4.20. The molecule has 0 fully saturated rings. The number of amides is 1. The van der Waals surface area contributed by atoms with Crippen molar-refractivity contribution in [1.82, 2.24) is 14.5 Å². The minimum Gasteiger partial charge on any atom is -0.435 e. The predicted octanol–water partition coefficient (Wildman–Crippen LogP) is 5.06. The van der Waals surface area contributed by atoms with E-state index in [4.69, 9.17) is 0 Å². The number of alkyl halides is 2. The van der Waals surface area contributed by atoms with Crippen LogP contribution in [0.4, 0.5) is 13.9 Å². The average Bonchev–Trinajstić information content (AvgIpc) is 3.34. The molecule has 6 nitrogen and oxygen atoms in total. The van der Waals surface area contributed by atoms with Crippen molar-refractivity contribution in [1.29, 1.82) is 0 Å². The van der Waals surface area contributed by atoms with Crippen LogP contribution in [-0.4, -0.2) is 27.1 Å². The molecule has 4 rings (SSSR count). The maximum atomic E-state index is 12.7. The molecule has 0 aliphatic carbocycles. The van der Waals surface area contributed by atoms with Gasteiger partial charge in [-0.25, -0.2) is 9.97 Å². The van der Waals surface area contributed by atoms with Gasteiger partial charge in [-0.15, -0.1) is 0 Å². The van der Waals surface area contributed by atoms with Crippen LogP contribution in [-0.2, 0) is 7.05 Å². The maximum Gasteiger partial charge on any atom is 0.387 e. The highest BCUT2D eigenvalue weighted by atomic mass is 32.1. The predicted molar refractivity (Wildman–Crippen MR) is 111 cm³/mol. The molecule has 0 spiro atoms. The highest BCUT2D eigenvalue weighted by molar-refractivity contribution is 7.19. The monoisotopic (exact) mass is 426 g/mol. The van der Waals surface area contributed by atoms with Crippen molar-refractivity contribution in [3.8, 4) is 27.7 Å². The van der Waals surface area contributed by atoms with Gasteiger partial charge in [0.2, 0.25) is 0 Å². The first-order valence-corrected chi connectivity index (χ1v) is 9.73. The number of nitrogens with one attached hydrogen (secondary N) is 1. The van der Waals surface area contributed by atoms with Crippen molar-refractivity contribution >= 4 is 22.4 Å². The largest absolute Gasteiger partial charge is 0.435 e. The number of thiazole rings is 1. The lowest BCUT2D eigenvalue weighted by Gasteiger charge is -2.06. The molecule has 0 unspecified atom stereocenters. The smallest absolute Gasteiger partial charge is 0.387 e. The molecule has 9 heteroatoms. The maximum absolute atomic E-state index is 12.7. The van der Waals surface area contributed by atoms with Gasteiger partial charge in [0.05, 0.1) is 10.6 Å². The normalized spacial score (nSPS) is 10.9. The van der Waals surface area contributed by atoms with Gasteiger partial charge in [-0.05, 0) is 18.2 Å². The van der Waals surface area contributed by atoms with Crippen LogP contribution in [0.2, 0.25) is 0 Å². The summed E-state index contributed by atoms with van der Waals surface area (Å²) in [7, 11) is 1.88. The Morgan fingerprint density at radius 3 is 2.67 bits per heavy atom. The van der Waals surface area contributed by atoms with Gasteiger partial charge in [-0.3, -0.25) is 10.1 Å². The number of carbonyl (C=O) groups is 1. The van der Waals surface area contributed by atoms with Crippen molar-refractivity contribution in [2.75, 3.05) is 5.32 Å². The zero-order chi connectivity index (χ0) is 21.1. The Hall–Kier alpha value is -3.59. The summed E-state index contributed by atoms with van der Waals surface area (Å²) in [6.07, 6.45) is 3.52. The summed E-state index contributed by atoms with van der Waals surface area (Å²) in [5.41, 5.74) is 1.77. The first-order valence-electron chi connectivity index (χ1n) is 8.91. The van der Waals surface area contributed by atoms with E-state index in [2.05, 4.69) is 20.0 Å². The molecule has 0 atom stereocenters. The third-order valence-electron chi connectivity index (χ3n) is 4.24. The molecule has 0 saturated heterocycles. The van der Waals surface area contributed by atoms with Gasteiger partial charge in [0.1, 0.15) is 5.75 Å². The number of nitrogens with zero attached hydrogens (tertiary/aromatic N) is 3. The van der Waals surface area contributed by atoms with E-state index in [0.717, 1.165) is 16.3 Å². The Balaban J connectivity index is 1.66. The van der Waals surface area contributed by atoms with E-state index in [-0.39, 0.29) is 11.3 Å². The van der Waals surface area contributed by atoms with Gasteiger partial charge in [0, 0.05) is 30.6 Å². The molecule has 1 N–H and O–H groups in total. The van der Waals surface area contributed by atoms with Crippen LogP contribution in [0.25, 0.3) is 22.0 Å². The molecular formula is C21H16F2N4O2S. The number of anilines is 1. The summed E-state index contributed by atoms with van der Waals surface area (Å²) in [4.78, 5) is 22.4. The lowest BCUT2D eigenvalue weighted by molar-refractivity contribution is -0.0498. The third-order valence-corrected chi connectivity index (χ3v) is 5.21. The Kier molecular flexibility index (Phi) is 5.53. The van der Waals surface area contributed by atoms with Gasteiger partial charge >= 0.3 is 6.61 Å². The second-order valence-electron chi connectivity index (χ2n) is 6.28. The molecule has 152 valence electrons. The lowest BCUT2D eigenvalue weighted by atomic mass is 10.1. The van der Waals surface area contributed by atoms with Crippen LogP contribution >= 0.6 is 11.3 Å². The molecule has 30 heavy (non-hydrogen) atoms. The molecule has 4 aromatic rings. The van der Waals surface area contributed by atoms with Gasteiger partial charge in [-0.1, -0.05) is 47.7 Å². The summed E-state index contributed by atoms with van der Waals surface area (Å²) in [5, 5.41) is 3.11. The van der Waals surface area contributed by atoms with Crippen LogP contribution in [0.3, 0.4) is 0 Å². The molecule has 0 radical (unpaired) electrons. The van der Waals surface area contributed by atoms with E-state index < -0.39 is 12.5 Å². The summed E-state index contributed by atoms with van der Waals surface area (Å²) in [5.74, 6) is 0.157. The van der Waals surface area contributed by atoms with Crippen LogP contribution < -0.4 is 10.1 Å². The molecule has 0 saturated carbocycles. The summed E-state index contributed by atoms with van der Waals surface area (Å²) >= 11 is 1.29. The number of rotatable bonds is 6. The van der Waals surface area contributed by atoms with Gasteiger partial charge < -0.3 is 9.30 Å². The Morgan fingerprint density at radius 2 is 1.97 bits per heavy atom. The van der Waals surface area contributed by atoms with Gasteiger partial charge in [-0.2, -0.15) is 8.78 Å². The van der Waals surface area contributed by atoms with Crippen molar-refractivity contribution < 1.29 is 18.3 Å². The minimum absolute atomic E-state index is 0.0875. The zero-order valence-electron chi connectivity index (χ0n) is 15.8. The summed E-state index contributed by atoms with van der Waals surface area (Å²) in [6, 6.07) is 15.2. The second kappa shape index (κ2) is 8.42. The summed E-state index contributed by atoms with van der Waals surface area (Å²) in [6.45, 7) is -2.96. The molecule has 2 heterocycles. The van der Waals surface area contributed by atoms with Crippen molar-refractivity contribution in [2.24, 2.45) is 7.05 Å². The number of aryl methyl sites for hydroxylation is 1. The van der Waals surface area contributed by atoms with Crippen LogP contribution in [0.15, 0.2) is 67.0 Å². The first-order chi connectivity index (χ1) is 14.5. The van der Waals surface area contributed by atoms with Crippen LogP contribution in [0, 0.1) is 0 Å². The fourth-order valence-electron chi connectivity index (χ4n) is 2.88. The number of aromatic nitrogens is 3. The average molecular weight is 426 g/mol. The van der Waals surface area contributed by atoms with E-state index >= 15 is 0 Å². The molecule has 0 bridgehead atoms. The number of ether oxygens (including phenoxy) is 1. The Morgan fingerprint density at radius 1 is 1.17 bits per heavy atom. The van der Waals surface area contributed by atoms with Crippen molar-refractivity contribution in [3.63, 3.8) is 0 Å². The van der Waals surface area contributed by atoms with Gasteiger partial charge in [0.15, 0.2) is 11.0 Å². The Bertz CT molecular complexity index is 1170. The van der Waals surface area contributed by atoms with E-state index in [0.29, 0.717) is 10.8 Å². The molecule has 0 aliphatic rings. The van der Waals surface area contributed by atoms with Crippen LogP contribution in [0.1, 0.15) is 10.4 Å². The van der Waals surface area contributed by atoms with Crippen molar-refractivity contribution in [3.05, 3.63) is 72.6 Å². The highest BCUT2D eigenvalue weighted by Gasteiger charge is 2.19. The highest BCUT2D eigenvalue weighted by Crippen LogP contribution is 2.38. The molecule has 2 aromatic heterocycles. The van der Waals surface area contributed by atoms with Crippen LogP contribution in [0.5, 0.6) is 5.75 Å². The zero-order valence-corrected chi connectivity index (χ0v) is 16.6. The number of carbonyl (C=O) groups excluding carboxylic acids is 1. The standard InChI is InChI=1S/C21H16F2N4O2S/c1-27-11-10-24-18(27)17-16(13-6-3-2-4-7-13)25-21(30-17)26-19(28)14-8-5-9-15(12-14)29-20(22)23/h2-12,20H,1H3,(H,25,26,28). The van der Waals surface area contributed by atoms with Gasteiger partial charge in [0.25, 0.3) is 5.91 Å². The minimum atomic E-state index is -2.96. The Labute approximate surface area is 174 Å². The molecule has 1 amide bonds. The molecule has 0 aliphatic heterocycles. The molecular weight excluding hydrogens is 410 g/mol. The van der Waals surface area contributed by atoms with Crippen molar-refractivity contribution in [2.45, 2.75) is 6.61 Å². The number of hydrogen-bond acceptors (Lipinski definition) is 5. The lowest BCUT2D eigenvalue weighted by Crippen LogP contribution is -2.12. The number of halogens is 2. The SMILES string of the molecule is Cn1ccnc1-c1sc(NC(=O)c2cccc(OC(F)F)c2)nc1-c1ccccc1. The fourth-order valence-corrected chi connectivity index (χ4v) is 3.91. The fraction of sp³-hybridized carbons (Fsp3) is 0.0952. The number of hydrogen-bond donors (Lipinski definition) is 1. The van der Waals surface area contributed by atoms with E-state index in [1.165, 1.54) is 35.6 Å². The van der Waals surface area contributed by atoms with E-state index in [1.54, 1.807) is 6.20 Å². The second-order valence-corrected chi connectivity index (χ2v) is 7.28. The van der Waals surface area contributed by atoms with E-state index in [1.807, 2.05) is 48.1 Å². The number of imidazole rings is 1. The first kappa shape index (κ1) is 19.7. The quantitative estimate of drug-likeness (QED) is 0.468. The molecule has 2 aromatic carbocycles. The number of benzene rings is 2. The van der Waals surface area contributed by atoms with E-state index in [9.17, 15) is 13.6 Å². The summed E-state index contributed by atoms with van der Waals surface area (Å²) < 4.78 is 31.1.